The first-order chi connectivity index (χ1) is 12.9. The molecular weight excluding hydrogens is 344 g/mol. The summed E-state index contributed by atoms with van der Waals surface area (Å²) in [5.41, 5.74) is 2.03. The molecule has 0 unspecified atom stereocenters. The standard InChI is InChI=1S/C22H20O5/c1-13(2)26-21-19(11-8-15-7-5-4-6-14(15)3)27-18-10-9-16(22(24)25)12-17(18)20(21)23/h4-13H,1-3H3,(H,24,25)/b11-8+. The van der Waals surface area contributed by atoms with Crippen LogP contribution in [0.25, 0.3) is 23.1 Å². The minimum absolute atomic E-state index is 0.0218. The molecule has 3 rings (SSSR count). The predicted molar refractivity (Wildman–Crippen MR) is 105 cm³/mol. The molecule has 3 aromatic rings. The van der Waals surface area contributed by atoms with Crippen LogP contribution in [0.4, 0.5) is 0 Å². The number of fused-ring (bicyclic) bond motifs is 1. The number of benzene rings is 2. The maximum absolute atomic E-state index is 12.9. The Morgan fingerprint density at radius 3 is 2.56 bits per heavy atom. The molecule has 5 nitrogen and oxygen atoms in total. The third kappa shape index (κ3) is 3.92. The Bertz CT molecular complexity index is 1090. The molecule has 0 atom stereocenters. The van der Waals surface area contributed by atoms with Gasteiger partial charge in [-0.15, -0.1) is 0 Å². The van der Waals surface area contributed by atoms with Crippen molar-refractivity contribution in [1.29, 1.82) is 0 Å². The van der Waals surface area contributed by atoms with Crippen molar-refractivity contribution in [1.82, 2.24) is 0 Å². The fourth-order valence-electron chi connectivity index (χ4n) is 2.72. The van der Waals surface area contributed by atoms with E-state index in [2.05, 4.69) is 0 Å². The average Bonchev–Trinajstić information content (AvgIpc) is 2.63. The number of carbonyl (C=O) groups is 1. The van der Waals surface area contributed by atoms with E-state index >= 15 is 0 Å². The summed E-state index contributed by atoms with van der Waals surface area (Å²) in [6.45, 7) is 5.62. The van der Waals surface area contributed by atoms with E-state index in [9.17, 15) is 9.59 Å². The van der Waals surface area contributed by atoms with Gasteiger partial charge in [0.2, 0.25) is 11.2 Å². The van der Waals surface area contributed by atoms with Crippen molar-refractivity contribution in [2.75, 3.05) is 0 Å². The Kier molecular flexibility index (Phi) is 5.12. The van der Waals surface area contributed by atoms with E-state index in [-0.39, 0.29) is 22.8 Å². The van der Waals surface area contributed by atoms with Crippen LogP contribution in [0, 0.1) is 6.92 Å². The average molecular weight is 364 g/mol. The van der Waals surface area contributed by atoms with Crippen molar-refractivity contribution in [3.63, 3.8) is 0 Å². The van der Waals surface area contributed by atoms with Crippen LogP contribution in [-0.4, -0.2) is 17.2 Å². The zero-order valence-electron chi connectivity index (χ0n) is 15.4. The second-order valence-electron chi connectivity index (χ2n) is 6.50. The first kappa shape index (κ1) is 18.5. The maximum Gasteiger partial charge on any atom is 0.335 e. The predicted octanol–water partition coefficient (Wildman–Crippen LogP) is 4.76. The molecule has 1 aromatic heterocycles. The van der Waals surface area contributed by atoms with Crippen LogP contribution in [0.5, 0.6) is 5.75 Å². The summed E-state index contributed by atoms with van der Waals surface area (Å²) in [6.07, 6.45) is 3.32. The molecule has 0 fully saturated rings. The summed E-state index contributed by atoms with van der Waals surface area (Å²) in [5, 5.41) is 9.34. The summed E-state index contributed by atoms with van der Waals surface area (Å²) >= 11 is 0. The molecule has 1 heterocycles. The van der Waals surface area contributed by atoms with Gasteiger partial charge in [0.25, 0.3) is 0 Å². The first-order valence-corrected chi connectivity index (χ1v) is 8.61. The van der Waals surface area contributed by atoms with Crippen LogP contribution in [0.2, 0.25) is 0 Å². The number of hydrogen-bond acceptors (Lipinski definition) is 4. The Hall–Kier alpha value is -3.34. The molecule has 0 spiro atoms. The molecule has 0 saturated carbocycles. The van der Waals surface area contributed by atoms with E-state index in [4.69, 9.17) is 14.3 Å². The molecule has 0 bridgehead atoms. The fraction of sp³-hybridized carbons (Fsp3) is 0.182. The van der Waals surface area contributed by atoms with E-state index in [1.807, 2.05) is 51.1 Å². The number of rotatable bonds is 5. The Morgan fingerprint density at radius 1 is 1.15 bits per heavy atom. The molecule has 5 heteroatoms. The minimum atomic E-state index is -1.11. The highest BCUT2D eigenvalue weighted by atomic mass is 16.5. The van der Waals surface area contributed by atoms with E-state index in [0.29, 0.717) is 11.3 Å². The van der Waals surface area contributed by atoms with E-state index < -0.39 is 11.4 Å². The molecule has 1 N–H and O–H groups in total. The molecule has 0 saturated heterocycles. The van der Waals surface area contributed by atoms with Gasteiger partial charge in [-0.05, 0) is 56.2 Å². The highest BCUT2D eigenvalue weighted by Crippen LogP contribution is 2.25. The topological polar surface area (TPSA) is 76.7 Å². The lowest BCUT2D eigenvalue weighted by Crippen LogP contribution is -2.15. The van der Waals surface area contributed by atoms with Crippen LogP contribution in [0.15, 0.2) is 51.7 Å². The molecular formula is C22H20O5. The van der Waals surface area contributed by atoms with Gasteiger partial charge in [-0.3, -0.25) is 4.79 Å². The number of carboxylic acids is 1. The number of ether oxygens (including phenoxy) is 1. The normalized spacial score (nSPS) is 11.4. The molecule has 0 amide bonds. The number of aryl methyl sites for hydroxylation is 1. The second kappa shape index (κ2) is 7.50. The van der Waals surface area contributed by atoms with Gasteiger partial charge in [0.15, 0.2) is 5.76 Å². The summed E-state index contributed by atoms with van der Waals surface area (Å²) in [6, 6.07) is 12.1. The quantitative estimate of drug-likeness (QED) is 0.706. The van der Waals surface area contributed by atoms with Crippen LogP contribution >= 0.6 is 0 Å². The zero-order chi connectivity index (χ0) is 19.6. The van der Waals surface area contributed by atoms with E-state index in [1.165, 1.54) is 18.2 Å². The van der Waals surface area contributed by atoms with E-state index in [0.717, 1.165) is 11.1 Å². The third-order valence-electron chi connectivity index (χ3n) is 4.08. The molecule has 27 heavy (non-hydrogen) atoms. The van der Waals surface area contributed by atoms with Gasteiger partial charge >= 0.3 is 5.97 Å². The molecule has 0 aliphatic rings. The van der Waals surface area contributed by atoms with Crippen molar-refractivity contribution in [2.45, 2.75) is 26.9 Å². The Morgan fingerprint density at radius 2 is 1.89 bits per heavy atom. The summed E-state index contributed by atoms with van der Waals surface area (Å²) in [7, 11) is 0. The molecule has 138 valence electrons. The summed E-state index contributed by atoms with van der Waals surface area (Å²) < 4.78 is 11.6. The second-order valence-corrected chi connectivity index (χ2v) is 6.50. The van der Waals surface area contributed by atoms with Gasteiger partial charge < -0.3 is 14.3 Å². The van der Waals surface area contributed by atoms with Crippen molar-refractivity contribution in [3.8, 4) is 5.75 Å². The Labute approximate surface area is 156 Å². The number of hydrogen-bond donors (Lipinski definition) is 1. The van der Waals surface area contributed by atoms with Crippen LogP contribution in [0.1, 0.15) is 41.1 Å². The lowest BCUT2D eigenvalue weighted by molar-refractivity contribution is 0.0697. The van der Waals surface area contributed by atoms with Gasteiger partial charge in [0.1, 0.15) is 5.58 Å². The van der Waals surface area contributed by atoms with Crippen molar-refractivity contribution in [3.05, 3.63) is 75.1 Å². The molecule has 0 aliphatic carbocycles. The Balaban J connectivity index is 2.18. The fourth-order valence-corrected chi connectivity index (χ4v) is 2.72. The first-order valence-electron chi connectivity index (χ1n) is 8.61. The van der Waals surface area contributed by atoms with Crippen LogP contribution < -0.4 is 10.2 Å². The van der Waals surface area contributed by atoms with Crippen LogP contribution in [0.3, 0.4) is 0 Å². The maximum atomic E-state index is 12.9. The van der Waals surface area contributed by atoms with Gasteiger partial charge in [-0.1, -0.05) is 30.3 Å². The molecule has 2 aromatic carbocycles. The number of carboxylic acid groups (broad SMARTS) is 1. The highest BCUT2D eigenvalue weighted by molar-refractivity contribution is 5.93. The lowest BCUT2D eigenvalue weighted by Gasteiger charge is -2.12. The summed E-state index contributed by atoms with van der Waals surface area (Å²) in [4.78, 5) is 24.1. The lowest BCUT2D eigenvalue weighted by atomic mass is 10.1. The summed E-state index contributed by atoms with van der Waals surface area (Å²) in [5.74, 6) is -0.733. The van der Waals surface area contributed by atoms with Gasteiger partial charge in [0.05, 0.1) is 17.1 Å². The smallest absolute Gasteiger partial charge is 0.335 e. The third-order valence-corrected chi connectivity index (χ3v) is 4.08. The molecule has 0 radical (unpaired) electrons. The van der Waals surface area contributed by atoms with Crippen molar-refractivity contribution >= 4 is 29.1 Å². The van der Waals surface area contributed by atoms with Crippen LogP contribution in [-0.2, 0) is 0 Å². The van der Waals surface area contributed by atoms with Crippen molar-refractivity contribution in [2.24, 2.45) is 0 Å². The zero-order valence-corrected chi connectivity index (χ0v) is 15.4. The monoisotopic (exact) mass is 364 g/mol. The SMILES string of the molecule is Cc1ccccc1/C=C/c1oc2ccc(C(=O)O)cc2c(=O)c1OC(C)C. The van der Waals surface area contributed by atoms with Crippen molar-refractivity contribution < 1.29 is 19.1 Å². The van der Waals surface area contributed by atoms with Gasteiger partial charge in [-0.2, -0.15) is 0 Å². The molecule has 0 aliphatic heterocycles. The van der Waals surface area contributed by atoms with Gasteiger partial charge in [-0.25, -0.2) is 4.79 Å². The van der Waals surface area contributed by atoms with Gasteiger partial charge in [0, 0.05) is 0 Å². The largest absolute Gasteiger partial charge is 0.484 e. The highest BCUT2D eigenvalue weighted by Gasteiger charge is 2.17. The van der Waals surface area contributed by atoms with E-state index in [1.54, 1.807) is 6.08 Å². The minimum Gasteiger partial charge on any atom is -0.484 e. The number of aromatic carboxylic acids is 1.